The van der Waals surface area contributed by atoms with Crippen LogP contribution in [-0.2, 0) is 9.59 Å². The lowest BCUT2D eigenvalue weighted by Crippen LogP contribution is -2.39. The number of likely N-dealkylation sites (N-methyl/N-ethyl adjacent to an activating group) is 4. The van der Waals surface area contributed by atoms with Crippen molar-refractivity contribution in [3.05, 3.63) is 0 Å². The van der Waals surface area contributed by atoms with Crippen LogP contribution in [0, 0.1) is 5.92 Å². The van der Waals surface area contributed by atoms with E-state index in [-0.39, 0.29) is 13.3 Å². The third kappa shape index (κ3) is 18.0. The van der Waals surface area contributed by atoms with Crippen molar-refractivity contribution < 1.29 is 9.59 Å². The van der Waals surface area contributed by atoms with E-state index in [2.05, 4.69) is 65.7 Å². The molecule has 0 aromatic heterocycles. The molecule has 1 N–H and O–H groups in total. The van der Waals surface area contributed by atoms with Crippen molar-refractivity contribution in [3.8, 4) is 0 Å². The smallest absolute Gasteiger partial charge is 0.236 e. The number of hydrogen-bond acceptors (Lipinski definition) is 5. The zero-order valence-corrected chi connectivity index (χ0v) is 23.7. The molecule has 1 aliphatic heterocycles. The summed E-state index contributed by atoms with van der Waals surface area (Å²) in [5.74, 6) is 1.10. The van der Waals surface area contributed by atoms with Crippen LogP contribution in [0.1, 0.15) is 54.4 Å². The fourth-order valence-corrected chi connectivity index (χ4v) is 3.09. The molecule has 1 rings (SSSR count). The van der Waals surface area contributed by atoms with Gasteiger partial charge in [-0.2, -0.15) is 0 Å². The van der Waals surface area contributed by atoms with Gasteiger partial charge in [0.1, 0.15) is 0 Å². The Kier molecular flexibility index (Phi) is 26.8. The molecule has 1 saturated heterocycles. The molecule has 7 nitrogen and oxygen atoms in total. The van der Waals surface area contributed by atoms with E-state index in [1.807, 2.05) is 23.7 Å². The maximum Gasteiger partial charge on any atom is 0.236 e. The predicted molar refractivity (Wildman–Crippen MR) is 149 cm³/mol. The summed E-state index contributed by atoms with van der Waals surface area (Å²) in [6.07, 6.45) is 3.10. The van der Waals surface area contributed by atoms with Gasteiger partial charge in [-0.15, -0.1) is 0 Å². The Morgan fingerprint density at radius 2 is 1.50 bits per heavy atom. The molecule has 0 aromatic carbocycles. The molecule has 1 fully saturated rings. The number of amides is 2. The van der Waals surface area contributed by atoms with Crippen molar-refractivity contribution >= 4 is 34.4 Å². The van der Waals surface area contributed by atoms with Crippen LogP contribution >= 0.6 is 22.6 Å². The van der Waals surface area contributed by atoms with Crippen LogP contribution in [0.3, 0.4) is 0 Å². The standard InChI is InChI=1S/C15H31N3O.C7H16N2O.CH3I.CH4/c1-5-16(3)11-12-18(6-2)15(19)13-14-7-9-17(4)10-8-14;1-4-8-6-7(10)9(3)5-2;1-2;/h14H,5-13H2,1-4H3;8H,4-6H2,1-3H3;1H3;1H4. The van der Waals surface area contributed by atoms with Gasteiger partial charge in [0.25, 0.3) is 0 Å². The summed E-state index contributed by atoms with van der Waals surface area (Å²) in [5.41, 5.74) is 0. The molecule has 0 spiro atoms. The van der Waals surface area contributed by atoms with Gasteiger partial charge in [-0.25, -0.2) is 0 Å². The quantitative estimate of drug-likeness (QED) is 0.305. The number of piperidine rings is 1. The fourth-order valence-electron chi connectivity index (χ4n) is 3.09. The van der Waals surface area contributed by atoms with Crippen LogP contribution in [0.4, 0.5) is 0 Å². The lowest BCUT2D eigenvalue weighted by Gasteiger charge is -2.30. The molecular weight excluding hydrogens is 517 g/mol. The Bertz CT molecular complexity index is 446. The van der Waals surface area contributed by atoms with E-state index in [1.165, 1.54) is 12.8 Å². The number of carbonyl (C=O) groups is 2. The molecule has 0 atom stereocenters. The normalized spacial score (nSPS) is 13.8. The second-order valence-electron chi connectivity index (χ2n) is 8.01. The van der Waals surface area contributed by atoms with E-state index in [4.69, 9.17) is 0 Å². The molecule has 0 saturated carbocycles. The molecule has 0 bridgehead atoms. The zero-order valence-electron chi connectivity index (χ0n) is 21.5. The minimum absolute atomic E-state index is 0. The maximum atomic E-state index is 12.3. The topological polar surface area (TPSA) is 59.1 Å². The highest BCUT2D eigenvalue weighted by molar-refractivity contribution is 14.1. The third-order valence-corrected chi connectivity index (χ3v) is 5.75. The first-order valence-electron chi connectivity index (χ1n) is 11.8. The number of nitrogens with zero attached hydrogens (tertiary/aromatic N) is 4. The highest BCUT2D eigenvalue weighted by Gasteiger charge is 2.22. The summed E-state index contributed by atoms with van der Waals surface area (Å²) in [6, 6.07) is 0. The molecular formula is C24H54IN5O2. The number of likely N-dealkylation sites (tertiary alicyclic amines) is 1. The van der Waals surface area contributed by atoms with Gasteiger partial charge in [0, 0.05) is 39.6 Å². The molecule has 1 heterocycles. The van der Waals surface area contributed by atoms with Crippen LogP contribution in [0.25, 0.3) is 0 Å². The number of alkyl halides is 1. The minimum Gasteiger partial charge on any atom is -0.345 e. The van der Waals surface area contributed by atoms with Gasteiger partial charge in [-0.05, 0) is 77.8 Å². The van der Waals surface area contributed by atoms with Gasteiger partial charge >= 0.3 is 0 Å². The van der Waals surface area contributed by atoms with Crippen LogP contribution in [0.15, 0.2) is 0 Å². The number of rotatable bonds is 11. The fraction of sp³-hybridized carbons (Fsp3) is 0.917. The Hall–Kier alpha value is -0.450. The lowest BCUT2D eigenvalue weighted by molar-refractivity contribution is -0.132. The van der Waals surface area contributed by atoms with Crippen molar-refractivity contribution in [2.45, 2.75) is 54.4 Å². The SMILES string of the molecule is C.CCN(C)CCN(CC)C(=O)CC1CCN(C)CC1.CCNCC(=O)N(C)CC.CI. The second kappa shape index (κ2) is 23.7. The predicted octanol–water partition coefficient (Wildman–Crippen LogP) is 3.28. The van der Waals surface area contributed by atoms with E-state index in [0.717, 1.165) is 58.8 Å². The van der Waals surface area contributed by atoms with Crippen LogP contribution in [0.2, 0.25) is 0 Å². The van der Waals surface area contributed by atoms with Crippen molar-refractivity contribution in [2.24, 2.45) is 5.92 Å². The van der Waals surface area contributed by atoms with Crippen molar-refractivity contribution in [3.63, 3.8) is 0 Å². The summed E-state index contributed by atoms with van der Waals surface area (Å²) < 4.78 is 0. The van der Waals surface area contributed by atoms with Crippen LogP contribution in [-0.4, -0.2) is 116 Å². The van der Waals surface area contributed by atoms with Gasteiger partial charge in [-0.1, -0.05) is 43.9 Å². The van der Waals surface area contributed by atoms with Gasteiger partial charge in [0.15, 0.2) is 0 Å². The minimum atomic E-state index is 0. The Morgan fingerprint density at radius 3 is 1.94 bits per heavy atom. The molecule has 0 aromatic rings. The third-order valence-electron chi connectivity index (χ3n) is 5.75. The monoisotopic (exact) mass is 571 g/mol. The summed E-state index contributed by atoms with van der Waals surface area (Å²) in [6.45, 7) is 16.3. The van der Waals surface area contributed by atoms with Gasteiger partial charge < -0.3 is 24.9 Å². The second-order valence-corrected chi connectivity index (χ2v) is 8.01. The maximum absolute atomic E-state index is 12.3. The summed E-state index contributed by atoms with van der Waals surface area (Å²) >= 11 is 2.15. The van der Waals surface area contributed by atoms with Gasteiger partial charge in [-0.3, -0.25) is 9.59 Å². The average molecular weight is 572 g/mol. The van der Waals surface area contributed by atoms with Crippen LogP contribution in [0.5, 0.6) is 0 Å². The highest BCUT2D eigenvalue weighted by Crippen LogP contribution is 2.20. The van der Waals surface area contributed by atoms with Crippen molar-refractivity contribution in [2.75, 3.05) is 85.0 Å². The Labute approximate surface area is 213 Å². The molecule has 0 aliphatic carbocycles. The Balaban J connectivity index is -0.000000552. The van der Waals surface area contributed by atoms with E-state index < -0.39 is 0 Å². The molecule has 8 heteroatoms. The van der Waals surface area contributed by atoms with E-state index >= 15 is 0 Å². The van der Waals surface area contributed by atoms with Gasteiger partial charge in [0.05, 0.1) is 6.54 Å². The van der Waals surface area contributed by atoms with E-state index in [1.54, 1.807) is 11.9 Å². The van der Waals surface area contributed by atoms with E-state index in [9.17, 15) is 9.59 Å². The summed E-state index contributed by atoms with van der Waals surface area (Å²) in [7, 11) is 6.08. The molecule has 0 radical (unpaired) electrons. The first-order chi connectivity index (χ1) is 14.8. The summed E-state index contributed by atoms with van der Waals surface area (Å²) in [5, 5.41) is 2.97. The largest absolute Gasteiger partial charge is 0.345 e. The van der Waals surface area contributed by atoms with Gasteiger partial charge in [0.2, 0.25) is 11.8 Å². The van der Waals surface area contributed by atoms with Crippen molar-refractivity contribution in [1.29, 1.82) is 0 Å². The molecule has 2 amide bonds. The molecule has 0 unspecified atom stereocenters. The number of hydrogen-bond donors (Lipinski definition) is 1. The van der Waals surface area contributed by atoms with Crippen molar-refractivity contribution in [1.82, 2.24) is 24.9 Å². The Morgan fingerprint density at radius 1 is 0.938 bits per heavy atom. The number of carbonyl (C=O) groups excluding carboxylic acids is 2. The average Bonchev–Trinajstić information content (AvgIpc) is 2.80. The number of nitrogens with one attached hydrogen (secondary N) is 1. The summed E-state index contributed by atoms with van der Waals surface area (Å²) in [4.78, 5) is 33.6. The number of halogens is 1. The highest BCUT2D eigenvalue weighted by atomic mass is 127. The zero-order chi connectivity index (χ0) is 24.2. The molecule has 194 valence electrons. The first kappa shape index (κ1) is 36.1. The van der Waals surface area contributed by atoms with E-state index in [0.29, 0.717) is 18.4 Å². The molecule has 1 aliphatic rings. The van der Waals surface area contributed by atoms with Crippen LogP contribution < -0.4 is 5.32 Å². The lowest BCUT2D eigenvalue weighted by atomic mass is 9.93. The molecule has 32 heavy (non-hydrogen) atoms. The first-order valence-corrected chi connectivity index (χ1v) is 13.9.